The van der Waals surface area contributed by atoms with E-state index in [4.69, 9.17) is 11.6 Å². The van der Waals surface area contributed by atoms with Crippen LogP contribution in [0, 0.1) is 18.6 Å². The van der Waals surface area contributed by atoms with Crippen molar-refractivity contribution in [1.29, 1.82) is 0 Å². The van der Waals surface area contributed by atoms with Crippen LogP contribution in [0.4, 0.5) is 8.78 Å². The molecule has 1 aliphatic rings. The molecule has 0 N–H and O–H groups in total. The molecule has 0 heterocycles. The minimum Gasteiger partial charge on any atom is -0.337 e. The average molecular weight is 302 g/mol. The molecule has 1 fully saturated rings. The molecule has 2 rings (SSSR count). The van der Waals surface area contributed by atoms with Crippen molar-refractivity contribution < 1.29 is 13.6 Å². The van der Waals surface area contributed by atoms with Crippen LogP contribution in [0.1, 0.15) is 41.6 Å². The van der Waals surface area contributed by atoms with Crippen LogP contribution >= 0.6 is 11.6 Å². The standard InChI is InChI=1S/C15H18ClF2NO/c1-9-7-10(13(18)8-12(9)17)15(20)19(2)14-6-4-3-5-11(14)16/h7-8,11,14H,3-6H2,1-2H3. The number of halogens is 3. The molecule has 0 spiro atoms. The molecule has 1 amide bonds. The molecule has 5 heteroatoms. The van der Waals surface area contributed by atoms with E-state index in [-0.39, 0.29) is 22.5 Å². The maximum atomic E-state index is 13.8. The number of nitrogens with zero attached hydrogens (tertiary/aromatic N) is 1. The van der Waals surface area contributed by atoms with Gasteiger partial charge in [0.15, 0.2) is 0 Å². The Morgan fingerprint density at radius 3 is 2.55 bits per heavy atom. The summed E-state index contributed by atoms with van der Waals surface area (Å²) in [6, 6.07) is 1.92. The first-order valence-corrected chi connectivity index (χ1v) is 7.22. The van der Waals surface area contributed by atoms with Crippen LogP contribution in [0.5, 0.6) is 0 Å². The Kier molecular flexibility index (Phi) is 4.63. The molecule has 1 aliphatic carbocycles. The molecule has 0 radical (unpaired) electrons. The normalized spacial score (nSPS) is 22.6. The Morgan fingerprint density at radius 2 is 1.90 bits per heavy atom. The Bertz CT molecular complexity index is 521. The predicted molar refractivity (Wildman–Crippen MR) is 75.1 cm³/mol. The SMILES string of the molecule is Cc1cc(C(=O)N(C)C2CCCCC2Cl)c(F)cc1F. The molecule has 110 valence electrons. The average Bonchev–Trinajstić information content (AvgIpc) is 2.42. The highest BCUT2D eigenvalue weighted by Crippen LogP contribution is 2.28. The van der Waals surface area contributed by atoms with E-state index in [0.29, 0.717) is 0 Å². The highest BCUT2D eigenvalue weighted by atomic mass is 35.5. The molecule has 0 saturated heterocycles. The van der Waals surface area contributed by atoms with Gasteiger partial charge in [-0.25, -0.2) is 8.78 Å². The topological polar surface area (TPSA) is 20.3 Å². The zero-order chi connectivity index (χ0) is 14.9. The Hall–Kier alpha value is -1.16. The number of hydrogen-bond acceptors (Lipinski definition) is 1. The maximum absolute atomic E-state index is 13.8. The summed E-state index contributed by atoms with van der Waals surface area (Å²) in [5.41, 5.74) is 0.162. The van der Waals surface area contributed by atoms with Crippen LogP contribution < -0.4 is 0 Å². The number of carbonyl (C=O) groups is 1. The van der Waals surface area contributed by atoms with Gasteiger partial charge >= 0.3 is 0 Å². The highest BCUT2D eigenvalue weighted by molar-refractivity contribution is 6.21. The van der Waals surface area contributed by atoms with Crippen LogP contribution in [-0.4, -0.2) is 29.3 Å². The number of rotatable bonds is 2. The second-order valence-electron chi connectivity index (χ2n) is 5.37. The fourth-order valence-corrected chi connectivity index (χ4v) is 3.11. The summed E-state index contributed by atoms with van der Waals surface area (Å²) in [6.45, 7) is 1.51. The van der Waals surface area contributed by atoms with Gasteiger partial charge in [-0.15, -0.1) is 11.6 Å². The van der Waals surface area contributed by atoms with E-state index in [1.807, 2.05) is 0 Å². The van der Waals surface area contributed by atoms with Crippen molar-refractivity contribution in [1.82, 2.24) is 4.90 Å². The summed E-state index contributed by atoms with van der Waals surface area (Å²) in [5, 5.41) is -0.109. The zero-order valence-electron chi connectivity index (χ0n) is 11.6. The fraction of sp³-hybridized carbons (Fsp3) is 0.533. The lowest BCUT2D eigenvalue weighted by Gasteiger charge is -2.35. The zero-order valence-corrected chi connectivity index (χ0v) is 12.4. The Morgan fingerprint density at radius 1 is 1.25 bits per heavy atom. The van der Waals surface area contributed by atoms with E-state index in [0.717, 1.165) is 31.7 Å². The third-order valence-electron chi connectivity index (χ3n) is 3.94. The number of aryl methyl sites for hydroxylation is 1. The lowest BCUT2D eigenvalue weighted by molar-refractivity contribution is 0.0695. The molecular formula is C15H18ClF2NO. The van der Waals surface area contributed by atoms with E-state index in [9.17, 15) is 13.6 Å². The molecular weight excluding hydrogens is 284 g/mol. The molecule has 1 saturated carbocycles. The van der Waals surface area contributed by atoms with Gasteiger partial charge in [0.1, 0.15) is 11.6 Å². The van der Waals surface area contributed by atoms with Crippen molar-refractivity contribution in [3.8, 4) is 0 Å². The van der Waals surface area contributed by atoms with Gasteiger partial charge in [-0.2, -0.15) is 0 Å². The lowest BCUT2D eigenvalue weighted by atomic mass is 9.93. The van der Waals surface area contributed by atoms with Crippen molar-refractivity contribution >= 4 is 17.5 Å². The first kappa shape index (κ1) is 15.2. The van der Waals surface area contributed by atoms with Gasteiger partial charge in [-0.3, -0.25) is 4.79 Å². The van der Waals surface area contributed by atoms with Gasteiger partial charge < -0.3 is 4.90 Å². The minimum atomic E-state index is -0.827. The molecule has 0 aromatic heterocycles. The molecule has 20 heavy (non-hydrogen) atoms. The second kappa shape index (κ2) is 6.08. The molecule has 0 aliphatic heterocycles. The largest absolute Gasteiger partial charge is 0.337 e. The van der Waals surface area contributed by atoms with Crippen LogP contribution in [0.25, 0.3) is 0 Å². The summed E-state index contributed by atoms with van der Waals surface area (Å²) in [6.07, 6.45) is 3.74. The number of carbonyl (C=O) groups excluding carboxylic acids is 1. The maximum Gasteiger partial charge on any atom is 0.256 e. The second-order valence-corrected chi connectivity index (χ2v) is 5.93. The predicted octanol–water partition coefficient (Wildman–Crippen LogP) is 3.90. The van der Waals surface area contributed by atoms with Gasteiger partial charge in [-0.1, -0.05) is 12.8 Å². The van der Waals surface area contributed by atoms with Crippen molar-refractivity contribution in [2.45, 2.75) is 44.0 Å². The van der Waals surface area contributed by atoms with Crippen LogP contribution in [0.2, 0.25) is 0 Å². The third-order valence-corrected chi connectivity index (χ3v) is 4.45. The van der Waals surface area contributed by atoms with E-state index < -0.39 is 17.5 Å². The molecule has 2 atom stereocenters. The van der Waals surface area contributed by atoms with E-state index in [1.165, 1.54) is 17.9 Å². The molecule has 1 aromatic carbocycles. The van der Waals surface area contributed by atoms with Gasteiger partial charge in [0, 0.05) is 19.2 Å². The quantitative estimate of drug-likeness (QED) is 0.759. The van der Waals surface area contributed by atoms with Crippen molar-refractivity contribution in [3.63, 3.8) is 0 Å². The number of benzene rings is 1. The summed E-state index contributed by atoms with van der Waals surface area (Å²) in [7, 11) is 1.63. The van der Waals surface area contributed by atoms with Gasteiger partial charge in [0.25, 0.3) is 5.91 Å². The molecule has 2 unspecified atom stereocenters. The van der Waals surface area contributed by atoms with E-state index in [1.54, 1.807) is 7.05 Å². The molecule has 1 aromatic rings. The van der Waals surface area contributed by atoms with Crippen molar-refractivity contribution in [2.75, 3.05) is 7.05 Å². The summed E-state index contributed by atoms with van der Waals surface area (Å²) < 4.78 is 27.0. The van der Waals surface area contributed by atoms with Gasteiger partial charge in [0.2, 0.25) is 0 Å². The number of hydrogen-bond donors (Lipinski definition) is 0. The molecule has 0 bridgehead atoms. The number of alkyl halides is 1. The summed E-state index contributed by atoms with van der Waals surface area (Å²) in [4.78, 5) is 13.9. The monoisotopic (exact) mass is 301 g/mol. The van der Waals surface area contributed by atoms with E-state index in [2.05, 4.69) is 0 Å². The smallest absolute Gasteiger partial charge is 0.256 e. The van der Waals surface area contributed by atoms with Crippen LogP contribution in [0.3, 0.4) is 0 Å². The first-order chi connectivity index (χ1) is 9.41. The summed E-state index contributed by atoms with van der Waals surface area (Å²) in [5.74, 6) is -1.91. The Balaban J connectivity index is 2.24. The van der Waals surface area contributed by atoms with Crippen molar-refractivity contribution in [2.24, 2.45) is 0 Å². The summed E-state index contributed by atoms with van der Waals surface area (Å²) >= 11 is 6.26. The first-order valence-electron chi connectivity index (χ1n) is 6.78. The van der Waals surface area contributed by atoms with Gasteiger partial charge in [0.05, 0.1) is 10.9 Å². The highest BCUT2D eigenvalue weighted by Gasteiger charge is 2.31. The minimum absolute atomic E-state index is 0.0947. The van der Waals surface area contributed by atoms with E-state index >= 15 is 0 Å². The lowest BCUT2D eigenvalue weighted by Crippen LogP contribution is -2.44. The Labute approximate surface area is 122 Å². The van der Waals surface area contributed by atoms with Crippen molar-refractivity contribution in [3.05, 3.63) is 34.9 Å². The third kappa shape index (κ3) is 2.95. The van der Waals surface area contributed by atoms with Crippen LogP contribution in [0.15, 0.2) is 12.1 Å². The van der Waals surface area contributed by atoms with Gasteiger partial charge in [-0.05, 0) is 31.4 Å². The number of amides is 1. The van der Waals surface area contributed by atoms with Crippen LogP contribution in [-0.2, 0) is 0 Å². The molecule has 2 nitrogen and oxygen atoms in total. The fourth-order valence-electron chi connectivity index (χ4n) is 2.66.